The molecule has 6 heteroatoms. The molecule has 4 nitrogen and oxygen atoms in total. The second-order valence-electron chi connectivity index (χ2n) is 3.71. The van der Waals surface area contributed by atoms with Crippen molar-refractivity contribution in [2.45, 2.75) is 25.4 Å². The van der Waals surface area contributed by atoms with Crippen molar-refractivity contribution in [2.75, 3.05) is 0 Å². The first-order valence-corrected chi connectivity index (χ1v) is 6.22. The van der Waals surface area contributed by atoms with E-state index in [0.717, 1.165) is 6.42 Å². The number of fused-ring (bicyclic) bond motifs is 1. The van der Waals surface area contributed by atoms with E-state index in [1.807, 2.05) is 0 Å². The summed E-state index contributed by atoms with van der Waals surface area (Å²) in [5.74, 6) is -0.0289. The Labute approximate surface area is 93.1 Å². The molecule has 0 bridgehead atoms. The molecule has 0 amide bonds. The molecule has 0 aliphatic heterocycles. The molecule has 0 saturated heterocycles. The maximum absolute atomic E-state index is 12.4. The molecule has 0 spiro atoms. The molecule has 16 heavy (non-hydrogen) atoms. The summed E-state index contributed by atoms with van der Waals surface area (Å²) >= 11 is 0. The number of benzene rings is 1. The molecule has 1 unspecified atom stereocenters. The van der Waals surface area contributed by atoms with Crippen LogP contribution in [0.2, 0.25) is 0 Å². The van der Waals surface area contributed by atoms with Gasteiger partial charge in [0, 0.05) is 5.56 Å². The third kappa shape index (κ3) is 2.33. The van der Waals surface area contributed by atoms with Gasteiger partial charge in [0.05, 0.1) is 6.10 Å². The van der Waals surface area contributed by atoms with Gasteiger partial charge in [-0.3, -0.25) is 0 Å². The van der Waals surface area contributed by atoms with Crippen LogP contribution in [0, 0.1) is 0 Å². The minimum Gasteiger partial charge on any atom is -0.388 e. The van der Waals surface area contributed by atoms with Crippen molar-refractivity contribution in [3.05, 3.63) is 29.3 Å². The molecule has 0 saturated carbocycles. The number of hydrogen-bond acceptors (Lipinski definition) is 4. The van der Waals surface area contributed by atoms with Gasteiger partial charge in [-0.2, -0.15) is 8.42 Å². The first-order chi connectivity index (χ1) is 7.47. The molecular weight excluding hydrogens is 235 g/mol. The predicted molar refractivity (Wildman–Crippen MR) is 55.0 cm³/mol. The molecule has 0 radical (unpaired) electrons. The highest BCUT2D eigenvalue weighted by molar-refractivity contribution is 7.81. The summed E-state index contributed by atoms with van der Waals surface area (Å²) in [6.45, 7) is 0. The van der Waals surface area contributed by atoms with Crippen LogP contribution in [-0.2, 0) is 16.9 Å². The topological polar surface area (TPSA) is 63.6 Å². The minimum absolute atomic E-state index is 0.0289. The van der Waals surface area contributed by atoms with Crippen molar-refractivity contribution in [3.8, 4) is 5.75 Å². The molecule has 1 atom stereocenters. The molecule has 1 aromatic rings. The summed E-state index contributed by atoms with van der Waals surface area (Å²) in [6.07, 6.45) is 1.30. The Balaban J connectivity index is 2.44. The summed E-state index contributed by atoms with van der Waals surface area (Å²) in [6, 6.07) is 4.61. The van der Waals surface area contributed by atoms with Gasteiger partial charge in [-0.25, -0.2) is 0 Å². The normalized spacial score (nSPS) is 20.2. The van der Waals surface area contributed by atoms with E-state index in [2.05, 4.69) is 4.18 Å². The molecular formula is C10H11FO4S. The van der Waals surface area contributed by atoms with E-state index >= 15 is 0 Å². The standard InChI is InChI=1S/C10H11FO4S/c11-16(13,14)15-10-6-2-3-7-8(10)4-1-5-9(7)12/h2-3,6,9,12H,1,4-5H2. The van der Waals surface area contributed by atoms with Crippen molar-refractivity contribution in [1.29, 1.82) is 0 Å². The Bertz CT molecular complexity index is 498. The molecule has 0 heterocycles. The number of hydrogen-bond donors (Lipinski definition) is 1. The van der Waals surface area contributed by atoms with Crippen LogP contribution in [0.15, 0.2) is 18.2 Å². The van der Waals surface area contributed by atoms with Gasteiger partial charge >= 0.3 is 10.5 Å². The van der Waals surface area contributed by atoms with E-state index < -0.39 is 16.6 Å². The van der Waals surface area contributed by atoms with E-state index in [0.29, 0.717) is 24.0 Å². The van der Waals surface area contributed by atoms with Gasteiger partial charge in [0.2, 0.25) is 0 Å². The zero-order valence-electron chi connectivity index (χ0n) is 8.39. The van der Waals surface area contributed by atoms with Crippen LogP contribution in [0.25, 0.3) is 0 Å². The van der Waals surface area contributed by atoms with E-state index in [-0.39, 0.29) is 5.75 Å². The van der Waals surface area contributed by atoms with Crippen LogP contribution in [0.5, 0.6) is 5.75 Å². The Morgan fingerprint density at radius 2 is 2.19 bits per heavy atom. The quantitative estimate of drug-likeness (QED) is 0.806. The second kappa shape index (κ2) is 4.03. The fraction of sp³-hybridized carbons (Fsp3) is 0.400. The smallest absolute Gasteiger partial charge is 0.388 e. The van der Waals surface area contributed by atoms with Gasteiger partial charge in [-0.1, -0.05) is 16.0 Å². The van der Waals surface area contributed by atoms with Gasteiger partial charge in [0.15, 0.2) is 0 Å². The first kappa shape index (κ1) is 11.3. The minimum atomic E-state index is -5.01. The van der Waals surface area contributed by atoms with Crippen molar-refractivity contribution >= 4 is 10.5 Å². The molecule has 1 aliphatic rings. The molecule has 1 N–H and O–H groups in total. The van der Waals surface area contributed by atoms with Crippen molar-refractivity contribution < 1.29 is 21.6 Å². The zero-order chi connectivity index (χ0) is 11.8. The maximum atomic E-state index is 12.4. The molecule has 88 valence electrons. The fourth-order valence-electron chi connectivity index (χ4n) is 1.98. The van der Waals surface area contributed by atoms with E-state index in [1.165, 1.54) is 12.1 Å². The average Bonchev–Trinajstić information content (AvgIpc) is 2.17. The van der Waals surface area contributed by atoms with E-state index in [4.69, 9.17) is 0 Å². The van der Waals surface area contributed by atoms with Crippen LogP contribution < -0.4 is 4.18 Å². The summed E-state index contributed by atoms with van der Waals surface area (Å²) in [5.41, 5.74) is 1.19. The van der Waals surface area contributed by atoms with Gasteiger partial charge in [-0.15, -0.1) is 0 Å². The highest BCUT2D eigenvalue weighted by Crippen LogP contribution is 2.35. The number of aliphatic hydroxyl groups excluding tert-OH is 1. The lowest BCUT2D eigenvalue weighted by molar-refractivity contribution is 0.156. The third-order valence-electron chi connectivity index (χ3n) is 2.62. The Kier molecular flexibility index (Phi) is 2.86. The van der Waals surface area contributed by atoms with Gasteiger partial charge in [0.1, 0.15) is 5.75 Å². The second-order valence-corrected chi connectivity index (χ2v) is 4.66. The molecule has 1 aliphatic carbocycles. The summed E-state index contributed by atoms with van der Waals surface area (Å²) in [5, 5.41) is 9.69. The van der Waals surface area contributed by atoms with E-state index in [9.17, 15) is 17.4 Å². The van der Waals surface area contributed by atoms with Gasteiger partial charge < -0.3 is 9.29 Å². The number of aliphatic hydroxyl groups is 1. The van der Waals surface area contributed by atoms with Crippen molar-refractivity contribution in [3.63, 3.8) is 0 Å². The van der Waals surface area contributed by atoms with Crippen molar-refractivity contribution in [2.24, 2.45) is 0 Å². The Morgan fingerprint density at radius 1 is 1.44 bits per heavy atom. The third-order valence-corrected chi connectivity index (χ3v) is 3.00. The maximum Gasteiger partial charge on any atom is 0.488 e. The Hall–Kier alpha value is -1.14. The fourth-order valence-corrected chi connectivity index (χ4v) is 2.35. The number of rotatable bonds is 2. The summed E-state index contributed by atoms with van der Waals surface area (Å²) in [4.78, 5) is 0. The molecule has 1 aromatic carbocycles. The largest absolute Gasteiger partial charge is 0.488 e. The lowest BCUT2D eigenvalue weighted by atomic mass is 9.89. The summed E-state index contributed by atoms with van der Waals surface area (Å²) in [7, 11) is -5.01. The highest BCUT2D eigenvalue weighted by atomic mass is 32.3. The van der Waals surface area contributed by atoms with Crippen molar-refractivity contribution in [1.82, 2.24) is 0 Å². The van der Waals surface area contributed by atoms with Crippen LogP contribution in [-0.4, -0.2) is 13.5 Å². The van der Waals surface area contributed by atoms with Gasteiger partial charge in [-0.05, 0) is 30.9 Å². The zero-order valence-corrected chi connectivity index (χ0v) is 9.21. The highest BCUT2D eigenvalue weighted by Gasteiger charge is 2.23. The van der Waals surface area contributed by atoms with E-state index in [1.54, 1.807) is 6.07 Å². The summed E-state index contributed by atoms with van der Waals surface area (Å²) < 4.78 is 37.5. The molecule has 0 fully saturated rings. The van der Waals surface area contributed by atoms with Gasteiger partial charge in [0.25, 0.3) is 0 Å². The molecule has 0 aromatic heterocycles. The number of halogens is 1. The molecule has 2 rings (SSSR count). The monoisotopic (exact) mass is 246 g/mol. The Morgan fingerprint density at radius 3 is 2.88 bits per heavy atom. The SMILES string of the molecule is O=S(=O)(F)Oc1cccc2c1CCCC2O. The lowest BCUT2D eigenvalue weighted by Gasteiger charge is -2.22. The van der Waals surface area contributed by atoms with Crippen LogP contribution >= 0.6 is 0 Å². The van der Waals surface area contributed by atoms with Crippen LogP contribution in [0.4, 0.5) is 3.89 Å². The average molecular weight is 246 g/mol. The predicted octanol–water partition coefficient (Wildman–Crippen LogP) is 1.65. The lowest BCUT2D eigenvalue weighted by Crippen LogP contribution is -2.12. The van der Waals surface area contributed by atoms with Crippen LogP contribution in [0.3, 0.4) is 0 Å². The first-order valence-electron chi connectivity index (χ1n) is 4.91. The van der Waals surface area contributed by atoms with Crippen LogP contribution in [0.1, 0.15) is 30.1 Å².